The van der Waals surface area contributed by atoms with E-state index < -0.39 is 0 Å². The van der Waals surface area contributed by atoms with Gasteiger partial charge in [-0.2, -0.15) is 0 Å². The molecule has 4 nitrogen and oxygen atoms in total. The Kier molecular flexibility index (Phi) is 6.87. The largest absolute Gasteiger partial charge is 0.322 e. The fourth-order valence-corrected chi connectivity index (χ4v) is 5.02. The minimum absolute atomic E-state index is 0.134. The fraction of sp³-hybridized carbons (Fsp3) is 0.458. The topological polar surface area (TPSA) is 26.8 Å². The first-order valence-corrected chi connectivity index (χ1v) is 11.5. The summed E-state index contributed by atoms with van der Waals surface area (Å²) < 4.78 is 0. The van der Waals surface area contributed by atoms with Gasteiger partial charge in [-0.15, -0.1) is 0 Å². The van der Waals surface area contributed by atoms with Gasteiger partial charge in [0.2, 0.25) is 0 Å². The number of likely N-dealkylation sites (tertiary alicyclic amines) is 1. The van der Waals surface area contributed by atoms with Crippen molar-refractivity contribution in [2.75, 3.05) is 33.2 Å². The number of piperidine rings is 1. The summed E-state index contributed by atoms with van der Waals surface area (Å²) in [6.07, 6.45) is 3.29. The van der Waals surface area contributed by atoms with Crippen molar-refractivity contribution in [2.24, 2.45) is 5.92 Å². The first kappa shape index (κ1) is 21.5. The zero-order valence-electron chi connectivity index (χ0n) is 17.4. The van der Waals surface area contributed by atoms with E-state index in [1.165, 1.54) is 5.56 Å². The summed E-state index contributed by atoms with van der Waals surface area (Å²) in [5.74, 6) is 0.634. The molecule has 2 aromatic rings. The third-order valence-electron chi connectivity index (χ3n) is 6.46. The summed E-state index contributed by atoms with van der Waals surface area (Å²) >= 11 is 12.5. The van der Waals surface area contributed by atoms with Crippen LogP contribution in [0.15, 0.2) is 48.5 Å². The van der Waals surface area contributed by atoms with E-state index in [-0.39, 0.29) is 12.1 Å². The monoisotopic (exact) mass is 445 g/mol. The predicted octanol–water partition coefficient (Wildman–Crippen LogP) is 5.18. The quantitative estimate of drug-likeness (QED) is 0.611. The van der Waals surface area contributed by atoms with Gasteiger partial charge in [-0.25, -0.2) is 4.79 Å². The van der Waals surface area contributed by atoms with Crippen LogP contribution in [0.1, 0.15) is 24.0 Å². The van der Waals surface area contributed by atoms with E-state index >= 15 is 0 Å². The Labute approximate surface area is 189 Å². The molecule has 4 rings (SSSR count). The smallest absolute Gasteiger partial charge is 0.320 e. The molecule has 2 fully saturated rings. The van der Waals surface area contributed by atoms with Gasteiger partial charge >= 0.3 is 6.03 Å². The maximum Gasteiger partial charge on any atom is 0.320 e. The lowest BCUT2D eigenvalue weighted by Crippen LogP contribution is -2.44. The molecule has 0 aliphatic carbocycles. The summed E-state index contributed by atoms with van der Waals surface area (Å²) in [6.45, 7) is 4.56. The normalized spacial score (nSPS) is 20.9. The van der Waals surface area contributed by atoms with Crippen molar-refractivity contribution < 1.29 is 4.79 Å². The van der Waals surface area contributed by atoms with Crippen LogP contribution in [0, 0.1) is 5.92 Å². The molecule has 0 saturated carbocycles. The minimum atomic E-state index is 0.134. The minimum Gasteiger partial charge on any atom is -0.322 e. The van der Waals surface area contributed by atoms with Crippen LogP contribution in [-0.4, -0.2) is 60.0 Å². The van der Waals surface area contributed by atoms with Crippen molar-refractivity contribution in [3.63, 3.8) is 0 Å². The summed E-state index contributed by atoms with van der Waals surface area (Å²) in [4.78, 5) is 19.1. The van der Waals surface area contributed by atoms with Crippen LogP contribution in [0.4, 0.5) is 4.79 Å². The van der Waals surface area contributed by atoms with Crippen molar-refractivity contribution in [1.82, 2.24) is 14.7 Å². The van der Waals surface area contributed by atoms with Crippen molar-refractivity contribution in [3.8, 4) is 0 Å². The fourth-order valence-electron chi connectivity index (χ4n) is 4.63. The standard InChI is InChI=1S/C24H29Cl2N3O/c1-27-22(17-29(24(27)30)15-19-5-3-2-4-6-19)16-28-11-9-18(10-12-28)13-20-14-21(25)7-8-23(20)26/h2-8,14,18,22H,9-13,15-17H2,1H3. The van der Waals surface area contributed by atoms with Crippen LogP contribution in [-0.2, 0) is 13.0 Å². The van der Waals surface area contributed by atoms with Gasteiger partial charge in [-0.3, -0.25) is 0 Å². The molecule has 6 heteroatoms. The zero-order chi connectivity index (χ0) is 21.1. The van der Waals surface area contributed by atoms with E-state index in [1.54, 1.807) is 0 Å². The highest BCUT2D eigenvalue weighted by Gasteiger charge is 2.36. The molecule has 2 saturated heterocycles. The third kappa shape index (κ3) is 5.11. The highest BCUT2D eigenvalue weighted by Crippen LogP contribution is 2.28. The van der Waals surface area contributed by atoms with Crippen LogP contribution < -0.4 is 0 Å². The van der Waals surface area contributed by atoms with E-state index in [1.807, 2.05) is 53.2 Å². The molecule has 2 aliphatic heterocycles. The SMILES string of the molecule is CN1C(=O)N(Cc2ccccc2)CC1CN1CCC(Cc2cc(Cl)ccc2Cl)CC1. The predicted molar refractivity (Wildman–Crippen MR) is 123 cm³/mol. The van der Waals surface area contributed by atoms with E-state index in [0.717, 1.165) is 61.1 Å². The van der Waals surface area contributed by atoms with Crippen molar-refractivity contribution >= 4 is 29.2 Å². The lowest BCUT2D eigenvalue weighted by molar-refractivity contribution is 0.149. The van der Waals surface area contributed by atoms with Gasteiger partial charge in [0.1, 0.15) is 0 Å². The van der Waals surface area contributed by atoms with E-state index in [9.17, 15) is 4.79 Å². The molecule has 0 bridgehead atoms. The van der Waals surface area contributed by atoms with Crippen molar-refractivity contribution in [1.29, 1.82) is 0 Å². The van der Waals surface area contributed by atoms with Crippen LogP contribution in [0.25, 0.3) is 0 Å². The number of rotatable bonds is 6. The van der Waals surface area contributed by atoms with Gasteiger partial charge in [0.25, 0.3) is 0 Å². The average molecular weight is 446 g/mol. The first-order chi connectivity index (χ1) is 14.5. The Bertz CT molecular complexity index is 868. The number of nitrogens with zero attached hydrogens (tertiary/aromatic N) is 3. The van der Waals surface area contributed by atoms with E-state index in [0.29, 0.717) is 12.5 Å². The van der Waals surface area contributed by atoms with Gasteiger partial charge in [0.15, 0.2) is 0 Å². The number of likely N-dealkylation sites (N-methyl/N-ethyl adjacent to an activating group) is 1. The number of hydrogen-bond donors (Lipinski definition) is 0. The Balaban J connectivity index is 1.27. The molecule has 30 heavy (non-hydrogen) atoms. The molecule has 0 radical (unpaired) electrons. The lowest BCUT2D eigenvalue weighted by atomic mass is 9.90. The summed E-state index contributed by atoms with van der Waals surface area (Å²) in [5, 5.41) is 1.56. The summed E-state index contributed by atoms with van der Waals surface area (Å²) in [6, 6.07) is 16.3. The Morgan fingerprint density at radius 2 is 1.77 bits per heavy atom. The lowest BCUT2D eigenvalue weighted by Gasteiger charge is -2.34. The van der Waals surface area contributed by atoms with Crippen molar-refractivity contribution in [3.05, 3.63) is 69.7 Å². The number of benzene rings is 2. The van der Waals surface area contributed by atoms with Crippen LogP contribution in [0.2, 0.25) is 10.0 Å². The van der Waals surface area contributed by atoms with Crippen molar-refractivity contribution in [2.45, 2.75) is 31.8 Å². The Hall–Kier alpha value is -1.75. The average Bonchev–Trinajstić information content (AvgIpc) is 3.00. The van der Waals surface area contributed by atoms with Crippen LogP contribution in [0.5, 0.6) is 0 Å². The Morgan fingerprint density at radius 3 is 2.50 bits per heavy atom. The molecule has 2 aromatic carbocycles. The van der Waals surface area contributed by atoms with Gasteiger partial charge in [0, 0.05) is 36.7 Å². The summed E-state index contributed by atoms with van der Waals surface area (Å²) in [7, 11) is 1.94. The van der Waals surface area contributed by atoms with E-state index in [4.69, 9.17) is 23.2 Å². The van der Waals surface area contributed by atoms with Gasteiger partial charge < -0.3 is 14.7 Å². The molecular formula is C24H29Cl2N3O. The number of carbonyl (C=O) groups is 1. The molecule has 2 aliphatic rings. The van der Waals surface area contributed by atoms with Gasteiger partial charge in [0.05, 0.1) is 6.04 Å². The molecule has 1 atom stereocenters. The van der Waals surface area contributed by atoms with Gasteiger partial charge in [-0.05, 0) is 67.6 Å². The molecule has 0 aromatic heterocycles. The second-order valence-electron chi connectivity index (χ2n) is 8.60. The van der Waals surface area contributed by atoms with Crippen LogP contribution in [0.3, 0.4) is 0 Å². The number of amides is 2. The van der Waals surface area contributed by atoms with Crippen LogP contribution >= 0.6 is 23.2 Å². The second kappa shape index (κ2) is 9.59. The number of halogens is 2. The first-order valence-electron chi connectivity index (χ1n) is 10.7. The highest BCUT2D eigenvalue weighted by molar-refractivity contribution is 6.33. The van der Waals surface area contributed by atoms with E-state index in [2.05, 4.69) is 17.0 Å². The number of hydrogen-bond acceptors (Lipinski definition) is 2. The molecule has 160 valence electrons. The van der Waals surface area contributed by atoms with Gasteiger partial charge in [-0.1, -0.05) is 53.5 Å². The number of carbonyl (C=O) groups excluding carboxylic acids is 1. The molecule has 0 N–H and O–H groups in total. The maximum atomic E-state index is 12.7. The molecular weight excluding hydrogens is 417 g/mol. The zero-order valence-corrected chi connectivity index (χ0v) is 18.9. The molecule has 2 heterocycles. The Morgan fingerprint density at radius 1 is 1.03 bits per heavy atom. The molecule has 2 amide bonds. The second-order valence-corrected chi connectivity index (χ2v) is 9.44. The highest BCUT2D eigenvalue weighted by atomic mass is 35.5. The maximum absolute atomic E-state index is 12.7. The summed E-state index contributed by atoms with van der Waals surface area (Å²) in [5.41, 5.74) is 2.33. The molecule has 0 spiro atoms. The third-order valence-corrected chi connectivity index (χ3v) is 7.06. The number of urea groups is 1. The molecule has 1 unspecified atom stereocenters.